The molecule has 0 saturated carbocycles. The molecule has 3 N–H and O–H groups in total. The van der Waals surface area contributed by atoms with Crippen molar-refractivity contribution in [3.63, 3.8) is 0 Å². The number of primary amides is 1. The van der Waals surface area contributed by atoms with E-state index >= 15 is 0 Å². The Morgan fingerprint density at radius 2 is 1.94 bits per heavy atom. The molecule has 0 aromatic heterocycles. The van der Waals surface area contributed by atoms with E-state index in [1.54, 1.807) is 24.3 Å². The molecule has 0 spiro atoms. The maximum absolute atomic E-state index is 14.1. The minimum Gasteiger partial charge on any atom is -0.492 e. The lowest BCUT2D eigenvalue weighted by molar-refractivity contribution is -0.120. The largest absolute Gasteiger partial charge is 0.492 e. The van der Waals surface area contributed by atoms with Gasteiger partial charge in [-0.1, -0.05) is 18.2 Å². The number of carbonyl (C=O) groups excluding carboxylic acids is 1. The molecule has 7 nitrogen and oxygen atoms in total. The number of nitrogens with zero attached hydrogens (tertiary/aromatic N) is 2. The van der Waals surface area contributed by atoms with Gasteiger partial charge in [0.2, 0.25) is 11.8 Å². The number of nitrogens with two attached hydrogens (primary N) is 1. The lowest BCUT2D eigenvalue weighted by Gasteiger charge is -2.29. The highest BCUT2D eigenvalue weighted by molar-refractivity contribution is 5.99. The molecule has 2 aliphatic rings. The molecule has 9 heteroatoms. The summed E-state index contributed by atoms with van der Waals surface area (Å²) in [4.78, 5) is 18.1. The Balaban J connectivity index is 1.41. The highest BCUT2D eigenvalue weighted by Gasteiger charge is 2.38. The molecule has 0 radical (unpaired) electrons. The monoisotopic (exact) mass is 445 g/mol. The molecule has 32 heavy (non-hydrogen) atoms. The Bertz CT molecular complexity index is 979. The number of ether oxygens (including phenoxy) is 2. The van der Waals surface area contributed by atoms with Gasteiger partial charge >= 0.3 is 0 Å². The summed E-state index contributed by atoms with van der Waals surface area (Å²) in [6.07, 6.45) is 0.630. The van der Waals surface area contributed by atoms with Crippen molar-refractivity contribution in [2.45, 2.75) is 31.1 Å². The van der Waals surface area contributed by atoms with Crippen molar-refractivity contribution in [1.29, 1.82) is 0 Å². The number of hydrogen-bond donors (Lipinski definition) is 2. The Morgan fingerprint density at radius 1 is 1.22 bits per heavy atom. The van der Waals surface area contributed by atoms with Gasteiger partial charge in [-0.25, -0.2) is 13.8 Å². The van der Waals surface area contributed by atoms with Crippen LogP contribution in [0.1, 0.15) is 30.1 Å². The third kappa shape index (κ3) is 4.89. The highest BCUT2D eigenvalue weighted by Crippen LogP contribution is 2.33. The van der Waals surface area contributed by atoms with Crippen LogP contribution in [-0.4, -0.2) is 60.2 Å². The van der Waals surface area contributed by atoms with Crippen molar-refractivity contribution >= 4 is 11.8 Å². The topological polar surface area (TPSA) is 97.4 Å². The van der Waals surface area contributed by atoms with E-state index in [4.69, 9.17) is 15.2 Å². The summed E-state index contributed by atoms with van der Waals surface area (Å²) in [6.45, 7) is 2.77. The molecule has 170 valence electrons. The fourth-order valence-electron chi connectivity index (χ4n) is 3.98. The summed E-state index contributed by atoms with van der Waals surface area (Å²) in [7, 11) is 0. The Morgan fingerprint density at radius 3 is 2.59 bits per heavy atom. The van der Waals surface area contributed by atoms with Gasteiger partial charge < -0.3 is 20.3 Å². The number of rotatable bonds is 7. The molecule has 1 saturated heterocycles. The number of aliphatic hydroxyl groups is 1. The van der Waals surface area contributed by atoms with Crippen LogP contribution in [0.5, 0.6) is 5.75 Å². The van der Waals surface area contributed by atoms with E-state index in [0.717, 1.165) is 31.5 Å². The lowest BCUT2D eigenvalue weighted by Crippen LogP contribution is -2.40. The maximum atomic E-state index is 14.1. The predicted octanol–water partition coefficient (Wildman–Crippen LogP) is 2.17. The molecular formula is C23H25F2N3O4. The Hall–Kier alpha value is -3.04. The summed E-state index contributed by atoms with van der Waals surface area (Å²) in [6, 6.07) is 9.17. The van der Waals surface area contributed by atoms with Crippen molar-refractivity contribution in [1.82, 2.24) is 4.90 Å². The average molecular weight is 445 g/mol. The van der Waals surface area contributed by atoms with E-state index < -0.39 is 35.3 Å². The number of piperidine rings is 1. The van der Waals surface area contributed by atoms with Crippen LogP contribution in [0.15, 0.2) is 47.5 Å². The molecule has 2 aromatic rings. The second-order valence-corrected chi connectivity index (χ2v) is 7.93. The summed E-state index contributed by atoms with van der Waals surface area (Å²) < 4.78 is 39.7. The zero-order valence-electron chi connectivity index (χ0n) is 17.4. The van der Waals surface area contributed by atoms with Crippen LogP contribution in [0.25, 0.3) is 0 Å². The van der Waals surface area contributed by atoms with Crippen LogP contribution in [0.4, 0.5) is 8.78 Å². The number of aliphatic hydroxyl groups excluding tert-OH is 1. The molecule has 2 aliphatic heterocycles. The zero-order valence-corrected chi connectivity index (χ0v) is 17.4. The van der Waals surface area contributed by atoms with Crippen LogP contribution in [0.3, 0.4) is 0 Å². The van der Waals surface area contributed by atoms with Gasteiger partial charge in [0.15, 0.2) is 12.1 Å². The standard InChI is InChI=1S/C23H25F2N3O4/c24-17-4-1-5-18(25)19(17)23-27-20(22(26)30)21(32-23)14-6-8-16(9-7-14)31-12-11-28-10-2-3-15(29)13-28/h1,4-9,15,20-21,29H,2-3,10-13H2,(H2,26,30). The number of halogens is 2. The van der Waals surface area contributed by atoms with Crippen molar-refractivity contribution in [2.75, 3.05) is 26.2 Å². The van der Waals surface area contributed by atoms with E-state index in [0.29, 0.717) is 31.0 Å². The summed E-state index contributed by atoms with van der Waals surface area (Å²) in [5, 5.41) is 9.73. The normalized spacial score (nSPS) is 23.5. The molecule has 2 aromatic carbocycles. The number of carbonyl (C=O) groups is 1. The van der Waals surface area contributed by atoms with Crippen molar-refractivity contribution in [3.8, 4) is 5.75 Å². The van der Waals surface area contributed by atoms with Crippen LogP contribution in [0, 0.1) is 11.6 Å². The van der Waals surface area contributed by atoms with Gasteiger partial charge in [0.25, 0.3) is 0 Å². The van der Waals surface area contributed by atoms with Gasteiger partial charge in [-0.05, 0) is 49.2 Å². The molecule has 0 bridgehead atoms. The second kappa shape index (κ2) is 9.62. The molecular weight excluding hydrogens is 420 g/mol. The fraction of sp³-hybridized carbons (Fsp3) is 0.391. The Labute approximate surface area is 184 Å². The van der Waals surface area contributed by atoms with Crippen LogP contribution >= 0.6 is 0 Å². The van der Waals surface area contributed by atoms with Gasteiger partial charge in [0, 0.05) is 13.1 Å². The van der Waals surface area contributed by atoms with Gasteiger partial charge in [-0.3, -0.25) is 9.69 Å². The third-order valence-corrected chi connectivity index (χ3v) is 5.62. The zero-order chi connectivity index (χ0) is 22.7. The number of β-amino-alcohol motifs (C(OH)–C–C–N with tert-alkyl or cyclic N) is 1. The number of aliphatic imine (C=N–C) groups is 1. The first kappa shape index (κ1) is 22.2. The molecule has 0 aliphatic carbocycles. The second-order valence-electron chi connectivity index (χ2n) is 7.93. The molecule has 1 amide bonds. The molecule has 3 unspecified atom stereocenters. The smallest absolute Gasteiger partial charge is 0.246 e. The highest BCUT2D eigenvalue weighted by atomic mass is 19.1. The minimum absolute atomic E-state index is 0.280. The molecule has 4 rings (SSSR count). The average Bonchev–Trinajstić information content (AvgIpc) is 3.19. The van der Waals surface area contributed by atoms with E-state index in [9.17, 15) is 18.7 Å². The SMILES string of the molecule is NC(=O)C1N=C(c2c(F)cccc2F)OC1c1ccc(OCCN2CCCC(O)C2)cc1. The van der Waals surface area contributed by atoms with Crippen LogP contribution in [0.2, 0.25) is 0 Å². The van der Waals surface area contributed by atoms with Crippen molar-refractivity contribution in [2.24, 2.45) is 10.7 Å². The maximum Gasteiger partial charge on any atom is 0.246 e. The van der Waals surface area contributed by atoms with Gasteiger partial charge in [0.1, 0.15) is 29.6 Å². The molecule has 3 atom stereocenters. The van der Waals surface area contributed by atoms with Crippen LogP contribution < -0.4 is 10.5 Å². The first-order valence-corrected chi connectivity index (χ1v) is 10.5. The van der Waals surface area contributed by atoms with Gasteiger partial charge in [-0.15, -0.1) is 0 Å². The molecule has 2 heterocycles. The van der Waals surface area contributed by atoms with Crippen LogP contribution in [-0.2, 0) is 9.53 Å². The predicted molar refractivity (Wildman–Crippen MR) is 113 cm³/mol. The quantitative estimate of drug-likeness (QED) is 0.681. The summed E-state index contributed by atoms with van der Waals surface area (Å²) >= 11 is 0. The first-order chi connectivity index (χ1) is 15.4. The van der Waals surface area contributed by atoms with E-state index in [1.165, 1.54) is 6.07 Å². The number of likely N-dealkylation sites (tertiary alicyclic amines) is 1. The first-order valence-electron chi connectivity index (χ1n) is 10.5. The number of benzene rings is 2. The fourth-order valence-corrected chi connectivity index (χ4v) is 3.98. The van der Waals surface area contributed by atoms with Crippen molar-refractivity contribution in [3.05, 3.63) is 65.2 Å². The number of hydrogen-bond acceptors (Lipinski definition) is 6. The summed E-state index contributed by atoms with van der Waals surface area (Å²) in [5.41, 5.74) is 5.61. The van der Waals surface area contributed by atoms with E-state index in [1.807, 2.05) is 0 Å². The summed E-state index contributed by atoms with van der Waals surface area (Å²) in [5.74, 6) is -2.10. The lowest BCUT2D eigenvalue weighted by atomic mass is 10.0. The van der Waals surface area contributed by atoms with Gasteiger partial charge in [0.05, 0.1) is 6.10 Å². The van der Waals surface area contributed by atoms with E-state index in [-0.39, 0.29) is 12.0 Å². The number of amides is 1. The third-order valence-electron chi connectivity index (χ3n) is 5.62. The van der Waals surface area contributed by atoms with Gasteiger partial charge in [-0.2, -0.15) is 0 Å². The molecule has 1 fully saturated rings. The Kier molecular flexibility index (Phi) is 6.66. The minimum atomic E-state index is -1.11. The van der Waals surface area contributed by atoms with Crippen molar-refractivity contribution < 1.29 is 28.2 Å². The van der Waals surface area contributed by atoms with E-state index in [2.05, 4.69) is 9.89 Å².